The Kier molecular flexibility index (Phi) is 4.70. The lowest BCUT2D eigenvalue weighted by molar-refractivity contribution is -0.120. The minimum absolute atomic E-state index is 0.0646. The zero-order valence-electron chi connectivity index (χ0n) is 11.7. The van der Waals surface area contributed by atoms with Gasteiger partial charge in [-0.1, -0.05) is 0 Å². The first-order valence-electron chi connectivity index (χ1n) is 6.51. The van der Waals surface area contributed by atoms with Crippen LogP contribution in [0.15, 0.2) is 24.3 Å². The number of benzene rings is 1. The lowest BCUT2D eigenvalue weighted by Gasteiger charge is -2.22. The maximum Gasteiger partial charge on any atom is 0.253 e. The minimum atomic E-state index is -0.327. The van der Waals surface area contributed by atoms with Crippen molar-refractivity contribution in [3.05, 3.63) is 29.8 Å². The van der Waals surface area contributed by atoms with Crippen LogP contribution in [0.3, 0.4) is 0 Å². The van der Waals surface area contributed by atoms with E-state index in [1.165, 1.54) is 4.90 Å². The Labute approximate surface area is 118 Å². The third-order valence-electron chi connectivity index (χ3n) is 3.04. The molecule has 6 heteroatoms. The zero-order chi connectivity index (χ0) is 14.5. The Balaban J connectivity index is 1.96. The highest BCUT2D eigenvalue weighted by Crippen LogP contribution is 2.11. The van der Waals surface area contributed by atoms with Crippen LogP contribution in [0.25, 0.3) is 0 Å². The SMILES string of the molecule is CN(C)C(=O)c1ccc(NC(=O)C2COCCN2)cc1. The van der Waals surface area contributed by atoms with Gasteiger partial charge < -0.3 is 20.3 Å². The van der Waals surface area contributed by atoms with Gasteiger partial charge in [0.1, 0.15) is 6.04 Å². The van der Waals surface area contributed by atoms with Crippen LogP contribution in [0.2, 0.25) is 0 Å². The Hall–Kier alpha value is -1.92. The minimum Gasteiger partial charge on any atom is -0.378 e. The van der Waals surface area contributed by atoms with Gasteiger partial charge in [0.25, 0.3) is 5.91 Å². The summed E-state index contributed by atoms with van der Waals surface area (Å²) in [5.41, 5.74) is 1.25. The van der Waals surface area contributed by atoms with E-state index in [1.54, 1.807) is 38.4 Å². The summed E-state index contributed by atoms with van der Waals surface area (Å²) in [7, 11) is 3.40. The van der Waals surface area contributed by atoms with E-state index < -0.39 is 0 Å². The van der Waals surface area contributed by atoms with Crippen LogP contribution in [-0.2, 0) is 9.53 Å². The van der Waals surface area contributed by atoms with Crippen LogP contribution in [0.4, 0.5) is 5.69 Å². The molecule has 0 saturated carbocycles. The number of amides is 2. The van der Waals surface area contributed by atoms with Crippen molar-refractivity contribution in [3.63, 3.8) is 0 Å². The third-order valence-corrected chi connectivity index (χ3v) is 3.04. The van der Waals surface area contributed by atoms with E-state index in [0.29, 0.717) is 31.0 Å². The number of carbonyl (C=O) groups is 2. The van der Waals surface area contributed by atoms with Crippen LogP contribution >= 0.6 is 0 Å². The Bertz CT molecular complexity index is 479. The van der Waals surface area contributed by atoms with Crippen molar-refractivity contribution in [2.24, 2.45) is 0 Å². The predicted octanol–water partition coefficient (Wildman–Crippen LogP) is 0.315. The van der Waals surface area contributed by atoms with Crippen LogP contribution in [-0.4, -0.2) is 56.6 Å². The van der Waals surface area contributed by atoms with Gasteiger partial charge in [-0.15, -0.1) is 0 Å². The molecular formula is C14H19N3O3. The summed E-state index contributed by atoms with van der Waals surface area (Å²) < 4.78 is 5.24. The summed E-state index contributed by atoms with van der Waals surface area (Å²) in [5.74, 6) is -0.193. The van der Waals surface area contributed by atoms with Crippen molar-refractivity contribution in [1.82, 2.24) is 10.2 Å². The third kappa shape index (κ3) is 3.55. The highest BCUT2D eigenvalue weighted by atomic mass is 16.5. The average Bonchev–Trinajstić information content (AvgIpc) is 2.48. The van der Waals surface area contributed by atoms with Crippen LogP contribution in [0.1, 0.15) is 10.4 Å². The number of morpholine rings is 1. The molecule has 1 aliphatic heterocycles. The molecule has 0 aromatic heterocycles. The summed E-state index contributed by atoms with van der Waals surface area (Å²) in [6.07, 6.45) is 0. The molecular weight excluding hydrogens is 258 g/mol. The highest BCUT2D eigenvalue weighted by Gasteiger charge is 2.21. The predicted molar refractivity (Wildman–Crippen MR) is 75.7 cm³/mol. The Morgan fingerprint density at radius 1 is 1.30 bits per heavy atom. The molecule has 1 saturated heterocycles. The number of ether oxygens (including phenoxy) is 1. The second kappa shape index (κ2) is 6.49. The maximum absolute atomic E-state index is 12.0. The van der Waals surface area contributed by atoms with Crippen LogP contribution in [0, 0.1) is 0 Å². The molecule has 1 fully saturated rings. The Morgan fingerprint density at radius 2 is 2.00 bits per heavy atom. The number of nitrogens with zero attached hydrogens (tertiary/aromatic N) is 1. The van der Waals surface area contributed by atoms with Crippen molar-refractivity contribution in [2.45, 2.75) is 6.04 Å². The van der Waals surface area contributed by atoms with Crippen molar-refractivity contribution < 1.29 is 14.3 Å². The largest absolute Gasteiger partial charge is 0.378 e. The molecule has 0 bridgehead atoms. The molecule has 1 atom stereocenters. The highest BCUT2D eigenvalue weighted by molar-refractivity contribution is 5.97. The smallest absolute Gasteiger partial charge is 0.253 e. The number of hydrogen-bond donors (Lipinski definition) is 2. The molecule has 1 unspecified atom stereocenters. The molecule has 1 aromatic carbocycles. The average molecular weight is 277 g/mol. The van der Waals surface area contributed by atoms with Gasteiger partial charge in [0.2, 0.25) is 5.91 Å². The molecule has 0 radical (unpaired) electrons. The number of carbonyl (C=O) groups excluding carboxylic acids is 2. The molecule has 0 aliphatic carbocycles. The summed E-state index contributed by atoms with van der Waals surface area (Å²) in [6.45, 7) is 1.68. The molecule has 2 rings (SSSR count). The zero-order valence-corrected chi connectivity index (χ0v) is 11.7. The van der Waals surface area contributed by atoms with Gasteiger partial charge in [-0.3, -0.25) is 9.59 Å². The number of nitrogens with one attached hydrogen (secondary N) is 2. The summed E-state index contributed by atoms with van der Waals surface area (Å²) in [4.78, 5) is 25.2. The van der Waals surface area contributed by atoms with E-state index in [9.17, 15) is 9.59 Å². The van der Waals surface area contributed by atoms with Gasteiger partial charge in [0.05, 0.1) is 13.2 Å². The monoisotopic (exact) mass is 277 g/mol. The van der Waals surface area contributed by atoms with E-state index >= 15 is 0 Å². The summed E-state index contributed by atoms with van der Waals surface area (Å²) in [6, 6.07) is 6.51. The molecule has 1 aliphatic rings. The van der Waals surface area contributed by atoms with Gasteiger partial charge in [-0.05, 0) is 24.3 Å². The topological polar surface area (TPSA) is 70.7 Å². The standard InChI is InChI=1S/C14H19N3O3/c1-17(2)14(19)10-3-5-11(6-4-10)16-13(18)12-9-20-8-7-15-12/h3-6,12,15H,7-9H2,1-2H3,(H,16,18). The molecule has 6 nitrogen and oxygen atoms in total. The van der Waals surface area contributed by atoms with Crippen molar-refractivity contribution >= 4 is 17.5 Å². The fourth-order valence-corrected chi connectivity index (χ4v) is 1.92. The number of hydrogen-bond acceptors (Lipinski definition) is 4. The first-order valence-corrected chi connectivity index (χ1v) is 6.51. The van der Waals surface area contributed by atoms with Gasteiger partial charge in [-0.2, -0.15) is 0 Å². The van der Waals surface area contributed by atoms with E-state index in [1.807, 2.05) is 0 Å². The second-order valence-corrected chi connectivity index (χ2v) is 4.85. The lowest BCUT2D eigenvalue weighted by Crippen LogP contribution is -2.48. The van der Waals surface area contributed by atoms with E-state index in [-0.39, 0.29) is 17.9 Å². The molecule has 2 amide bonds. The van der Waals surface area contributed by atoms with Gasteiger partial charge in [0, 0.05) is 31.9 Å². The molecule has 0 spiro atoms. The molecule has 108 valence electrons. The molecule has 2 N–H and O–H groups in total. The van der Waals surface area contributed by atoms with Crippen molar-refractivity contribution in [3.8, 4) is 0 Å². The maximum atomic E-state index is 12.0. The first-order chi connectivity index (χ1) is 9.58. The van der Waals surface area contributed by atoms with Gasteiger partial charge in [0.15, 0.2) is 0 Å². The number of anilines is 1. The van der Waals surface area contributed by atoms with E-state index in [4.69, 9.17) is 4.74 Å². The number of rotatable bonds is 3. The second-order valence-electron chi connectivity index (χ2n) is 4.85. The van der Waals surface area contributed by atoms with Crippen LogP contribution < -0.4 is 10.6 Å². The fourth-order valence-electron chi connectivity index (χ4n) is 1.92. The Morgan fingerprint density at radius 3 is 2.55 bits per heavy atom. The van der Waals surface area contributed by atoms with Crippen molar-refractivity contribution in [2.75, 3.05) is 39.2 Å². The molecule has 1 aromatic rings. The van der Waals surface area contributed by atoms with Gasteiger partial charge in [-0.25, -0.2) is 0 Å². The lowest BCUT2D eigenvalue weighted by atomic mass is 10.1. The summed E-state index contributed by atoms with van der Waals surface area (Å²) in [5, 5.41) is 5.89. The van der Waals surface area contributed by atoms with Crippen molar-refractivity contribution in [1.29, 1.82) is 0 Å². The van der Waals surface area contributed by atoms with E-state index in [0.717, 1.165) is 0 Å². The molecule has 20 heavy (non-hydrogen) atoms. The quantitative estimate of drug-likeness (QED) is 0.834. The first kappa shape index (κ1) is 14.5. The fraction of sp³-hybridized carbons (Fsp3) is 0.429. The van der Waals surface area contributed by atoms with Crippen LogP contribution in [0.5, 0.6) is 0 Å². The summed E-state index contributed by atoms with van der Waals surface area (Å²) >= 11 is 0. The molecule has 1 heterocycles. The van der Waals surface area contributed by atoms with E-state index in [2.05, 4.69) is 10.6 Å². The van der Waals surface area contributed by atoms with Gasteiger partial charge >= 0.3 is 0 Å². The normalized spacial score (nSPS) is 18.4.